The second-order valence-corrected chi connectivity index (χ2v) is 6.91. The Hall–Kier alpha value is -2.18. The summed E-state index contributed by atoms with van der Waals surface area (Å²) < 4.78 is 11.6. The second kappa shape index (κ2) is 7.21. The van der Waals surface area contributed by atoms with Crippen LogP contribution in [0.15, 0.2) is 36.7 Å². The Morgan fingerprint density at radius 3 is 2.58 bits per heavy atom. The van der Waals surface area contributed by atoms with Crippen LogP contribution in [0, 0.1) is 6.92 Å². The van der Waals surface area contributed by atoms with Gasteiger partial charge in [0.15, 0.2) is 5.79 Å². The fraction of sp³-hybridized carbons (Fsp3) is 0.500. The molecule has 1 spiro atoms. The van der Waals surface area contributed by atoms with E-state index in [-0.39, 0.29) is 5.79 Å². The third-order valence-corrected chi connectivity index (χ3v) is 5.21. The molecule has 6 heteroatoms. The van der Waals surface area contributed by atoms with Crippen molar-refractivity contribution in [3.05, 3.63) is 42.2 Å². The van der Waals surface area contributed by atoms with Crippen molar-refractivity contribution in [1.29, 1.82) is 0 Å². The van der Waals surface area contributed by atoms with Crippen molar-refractivity contribution in [2.24, 2.45) is 0 Å². The highest BCUT2D eigenvalue weighted by Crippen LogP contribution is 2.33. The Balaban J connectivity index is 1.53. The summed E-state index contributed by atoms with van der Waals surface area (Å²) >= 11 is 0. The minimum Gasteiger partial charge on any atom is -0.356 e. The average molecular weight is 354 g/mol. The van der Waals surface area contributed by atoms with Gasteiger partial charge in [0.2, 0.25) is 0 Å². The fourth-order valence-electron chi connectivity index (χ4n) is 3.79. The van der Waals surface area contributed by atoms with E-state index in [1.807, 2.05) is 0 Å². The molecule has 0 aliphatic carbocycles. The van der Waals surface area contributed by atoms with E-state index in [4.69, 9.17) is 9.47 Å². The smallest absolute Gasteiger partial charge is 0.171 e. The lowest BCUT2D eigenvalue weighted by Gasteiger charge is -2.38. The quantitative estimate of drug-likeness (QED) is 0.840. The number of aromatic nitrogens is 2. The molecule has 0 saturated carbocycles. The van der Waals surface area contributed by atoms with Crippen LogP contribution in [-0.2, 0) is 9.47 Å². The number of nitrogens with zero attached hydrogens (tertiary/aromatic N) is 4. The van der Waals surface area contributed by atoms with Crippen molar-refractivity contribution in [2.75, 3.05) is 42.6 Å². The van der Waals surface area contributed by atoms with Crippen LogP contribution in [0.25, 0.3) is 0 Å². The SMILES string of the molecule is CCN(c1cccc(C)c1)c1cc(N2CCC3(CC2)OCCO3)ncn1. The van der Waals surface area contributed by atoms with Crippen molar-refractivity contribution in [2.45, 2.75) is 32.5 Å². The molecule has 2 aromatic rings. The number of anilines is 3. The zero-order chi connectivity index (χ0) is 18.0. The van der Waals surface area contributed by atoms with E-state index in [0.29, 0.717) is 13.2 Å². The lowest BCUT2D eigenvalue weighted by atomic mass is 10.0. The van der Waals surface area contributed by atoms with Crippen molar-refractivity contribution in [1.82, 2.24) is 9.97 Å². The normalized spacial score (nSPS) is 19.1. The van der Waals surface area contributed by atoms with Gasteiger partial charge in [-0.15, -0.1) is 0 Å². The average Bonchev–Trinajstić information content (AvgIpc) is 3.11. The van der Waals surface area contributed by atoms with Crippen molar-refractivity contribution in [3.8, 4) is 0 Å². The molecule has 0 atom stereocenters. The lowest BCUT2D eigenvalue weighted by Crippen LogP contribution is -2.45. The number of benzene rings is 1. The van der Waals surface area contributed by atoms with Crippen LogP contribution in [-0.4, -0.2) is 48.6 Å². The fourth-order valence-corrected chi connectivity index (χ4v) is 3.79. The molecule has 0 unspecified atom stereocenters. The van der Waals surface area contributed by atoms with Gasteiger partial charge in [0.05, 0.1) is 13.2 Å². The van der Waals surface area contributed by atoms with Crippen LogP contribution in [0.5, 0.6) is 0 Å². The van der Waals surface area contributed by atoms with Crippen molar-refractivity contribution >= 4 is 17.3 Å². The molecule has 2 aliphatic rings. The zero-order valence-corrected chi connectivity index (χ0v) is 15.5. The number of hydrogen-bond acceptors (Lipinski definition) is 6. The minimum atomic E-state index is -0.358. The summed E-state index contributed by atoms with van der Waals surface area (Å²) in [6.07, 6.45) is 3.42. The summed E-state index contributed by atoms with van der Waals surface area (Å²) in [5.74, 6) is 1.54. The van der Waals surface area contributed by atoms with Gasteiger partial charge in [-0.05, 0) is 31.5 Å². The Labute approximate surface area is 154 Å². The molecular weight excluding hydrogens is 328 g/mol. The van der Waals surface area contributed by atoms with E-state index in [2.05, 4.69) is 63.9 Å². The van der Waals surface area contributed by atoms with Crippen LogP contribution in [0.4, 0.5) is 17.3 Å². The molecule has 0 radical (unpaired) electrons. The number of ether oxygens (including phenoxy) is 2. The van der Waals surface area contributed by atoms with E-state index in [1.165, 1.54) is 5.56 Å². The minimum absolute atomic E-state index is 0.358. The first-order valence-corrected chi connectivity index (χ1v) is 9.38. The Bertz CT molecular complexity index is 751. The topological polar surface area (TPSA) is 50.7 Å². The highest BCUT2D eigenvalue weighted by Gasteiger charge is 2.40. The number of rotatable bonds is 4. The van der Waals surface area contributed by atoms with Gasteiger partial charge in [-0.25, -0.2) is 9.97 Å². The molecule has 2 saturated heterocycles. The second-order valence-electron chi connectivity index (χ2n) is 6.91. The Morgan fingerprint density at radius 2 is 1.88 bits per heavy atom. The summed E-state index contributed by atoms with van der Waals surface area (Å²) in [5.41, 5.74) is 2.40. The standard InChI is InChI=1S/C20H26N4O2/c1-3-24(17-6-4-5-16(2)13-17)19-14-18(21-15-22-19)23-9-7-20(8-10-23)25-11-12-26-20/h4-6,13-15H,3,7-12H2,1-2H3. The summed E-state index contributed by atoms with van der Waals surface area (Å²) in [6, 6.07) is 10.6. The Morgan fingerprint density at radius 1 is 1.12 bits per heavy atom. The maximum Gasteiger partial charge on any atom is 0.171 e. The summed E-state index contributed by atoms with van der Waals surface area (Å²) in [7, 11) is 0. The predicted molar refractivity (Wildman–Crippen MR) is 102 cm³/mol. The van der Waals surface area contributed by atoms with Gasteiger partial charge < -0.3 is 19.3 Å². The third kappa shape index (κ3) is 3.39. The first-order chi connectivity index (χ1) is 12.7. The van der Waals surface area contributed by atoms with E-state index >= 15 is 0 Å². The molecule has 4 rings (SSSR count). The van der Waals surface area contributed by atoms with Crippen molar-refractivity contribution < 1.29 is 9.47 Å². The number of hydrogen-bond donors (Lipinski definition) is 0. The van der Waals surface area contributed by atoms with Crippen LogP contribution >= 0.6 is 0 Å². The number of aryl methyl sites for hydroxylation is 1. The van der Waals surface area contributed by atoms with Gasteiger partial charge in [0.1, 0.15) is 18.0 Å². The zero-order valence-electron chi connectivity index (χ0n) is 15.5. The van der Waals surface area contributed by atoms with Crippen LogP contribution in [0.2, 0.25) is 0 Å². The lowest BCUT2D eigenvalue weighted by molar-refractivity contribution is -0.169. The highest BCUT2D eigenvalue weighted by molar-refractivity contribution is 5.63. The first-order valence-electron chi connectivity index (χ1n) is 9.38. The van der Waals surface area contributed by atoms with Crippen molar-refractivity contribution in [3.63, 3.8) is 0 Å². The van der Waals surface area contributed by atoms with E-state index in [9.17, 15) is 0 Å². The van der Waals surface area contributed by atoms with E-state index < -0.39 is 0 Å². The van der Waals surface area contributed by atoms with Crippen LogP contribution in [0.1, 0.15) is 25.3 Å². The van der Waals surface area contributed by atoms with Gasteiger partial charge in [-0.3, -0.25) is 0 Å². The highest BCUT2D eigenvalue weighted by atomic mass is 16.7. The van der Waals surface area contributed by atoms with Gasteiger partial charge >= 0.3 is 0 Å². The molecular formula is C20H26N4O2. The Kier molecular flexibility index (Phi) is 4.78. The monoisotopic (exact) mass is 354 g/mol. The van der Waals surface area contributed by atoms with Crippen LogP contribution in [0.3, 0.4) is 0 Å². The number of piperidine rings is 1. The maximum atomic E-state index is 5.82. The first kappa shape index (κ1) is 17.2. The third-order valence-electron chi connectivity index (χ3n) is 5.21. The maximum absolute atomic E-state index is 5.82. The molecule has 2 aliphatic heterocycles. The molecule has 0 amide bonds. The molecule has 138 valence electrons. The molecule has 6 nitrogen and oxygen atoms in total. The van der Waals surface area contributed by atoms with Crippen LogP contribution < -0.4 is 9.80 Å². The molecule has 3 heterocycles. The van der Waals surface area contributed by atoms with Gasteiger partial charge in [0.25, 0.3) is 0 Å². The summed E-state index contributed by atoms with van der Waals surface area (Å²) in [4.78, 5) is 13.5. The van der Waals surface area contributed by atoms with Gasteiger partial charge in [-0.2, -0.15) is 0 Å². The van der Waals surface area contributed by atoms with E-state index in [1.54, 1.807) is 6.33 Å². The molecule has 0 N–H and O–H groups in total. The largest absolute Gasteiger partial charge is 0.356 e. The summed E-state index contributed by atoms with van der Waals surface area (Å²) in [5, 5.41) is 0. The van der Waals surface area contributed by atoms with Gasteiger partial charge in [0, 0.05) is 44.2 Å². The summed E-state index contributed by atoms with van der Waals surface area (Å²) in [6.45, 7) is 8.28. The predicted octanol–water partition coefficient (Wildman–Crippen LogP) is 3.29. The van der Waals surface area contributed by atoms with E-state index in [0.717, 1.165) is 49.8 Å². The van der Waals surface area contributed by atoms with Gasteiger partial charge in [-0.1, -0.05) is 12.1 Å². The molecule has 1 aromatic carbocycles. The molecule has 0 bridgehead atoms. The molecule has 26 heavy (non-hydrogen) atoms. The molecule has 1 aromatic heterocycles. The molecule has 2 fully saturated rings.